The first-order chi connectivity index (χ1) is 10.9. The molecule has 3 rings (SSSR count). The molecule has 2 heterocycles. The quantitative estimate of drug-likeness (QED) is 0.623. The summed E-state index contributed by atoms with van der Waals surface area (Å²) < 4.78 is 10.7. The summed E-state index contributed by atoms with van der Waals surface area (Å²) in [6, 6.07) is 5.33. The molecule has 0 aromatic heterocycles. The Morgan fingerprint density at radius 3 is 2.61 bits per heavy atom. The van der Waals surface area contributed by atoms with Gasteiger partial charge in [-0.05, 0) is 19.9 Å². The second kappa shape index (κ2) is 5.98. The molecule has 2 fully saturated rings. The fourth-order valence-electron chi connectivity index (χ4n) is 3.49. The number of hydrogen-bond acceptors (Lipinski definition) is 6. The fourth-order valence-corrected chi connectivity index (χ4v) is 3.49. The zero-order valence-corrected chi connectivity index (χ0v) is 13.8. The normalized spacial score (nSPS) is 21.8. The summed E-state index contributed by atoms with van der Waals surface area (Å²) in [7, 11) is 1.55. The maximum atomic E-state index is 10.9. The average molecular weight is 321 g/mol. The van der Waals surface area contributed by atoms with E-state index in [1.165, 1.54) is 12.1 Å². The Bertz CT molecular complexity index is 601. The number of nitro groups is 1. The lowest BCUT2D eigenvalue weighted by molar-refractivity contribution is -0.384. The Kier molecular flexibility index (Phi) is 4.16. The minimum absolute atomic E-state index is 0.0134. The zero-order valence-electron chi connectivity index (χ0n) is 13.8. The van der Waals surface area contributed by atoms with E-state index in [9.17, 15) is 10.1 Å². The largest absolute Gasteiger partial charge is 0.494 e. The second-order valence-corrected chi connectivity index (χ2v) is 6.73. The highest BCUT2D eigenvalue weighted by Crippen LogP contribution is 2.36. The van der Waals surface area contributed by atoms with Crippen molar-refractivity contribution in [3.8, 4) is 5.75 Å². The van der Waals surface area contributed by atoms with Crippen LogP contribution in [0.3, 0.4) is 0 Å². The number of hydrogen-bond donors (Lipinski definition) is 0. The average Bonchev–Trinajstić information content (AvgIpc) is 2.46. The third-order valence-electron chi connectivity index (χ3n) is 4.74. The summed E-state index contributed by atoms with van der Waals surface area (Å²) in [5.74, 6) is 0.551. The SMILES string of the molecule is COc1cc([N+](=O)[O-])ccc1N1CCN(C2COC2)C(C)(C)C1. The van der Waals surface area contributed by atoms with E-state index in [2.05, 4.69) is 23.6 Å². The summed E-state index contributed by atoms with van der Waals surface area (Å²) in [6.45, 7) is 8.74. The lowest BCUT2D eigenvalue weighted by Crippen LogP contribution is -2.66. The third-order valence-corrected chi connectivity index (χ3v) is 4.74. The minimum Gasteiger partial charge on any atom is -0.494 e. The predicted molar refractivity (Wildman–Crippen MR) is 87.3 cm³/mol. The van der Waals surface area contributed by atoms with Crippen LogP contribution in [0, 0.1) is 10.1 Å². The molecule has 126 valence electrons. The molecule has 2 aliphatic heterocycles. The van der Waals surface area contributed by atoms with Crippen molar-refractivity contribution in [1.82, 2.24) is 4.90 Å². The van der Waals surface area contributed by atoms with Crippen molar-refractivity contribution in [2.75, 3.05) is 44.9 Å². The van der Waals surface area contributed by atoms with E-state index in [1.54, 1.807) is 13.2 Å². The van der Waals surface area contributed by atoms with Crippen molar-refractivity contribution in [1.29, 1.82) is 0 Å². The highest BCUT2D eigenvalue weighted by atomic mass is 16.6. The van der Waals surface area contributed by atoms with E-state index in [0.29, 0.717) is 11.8 Å². The molecule has 0 atom stereocenters. The topological polar surface area (TPSA) is 68.1 Å². The molecule has 0 aliphatic carbocycles. The Morgan fingerprint density at radius 1 is 1.35 bits per heavy atom. The van der Waals surface area contributed by atoms with Gasteiger partial charge < -0.3 is 14.4 Å². The maximum Gasteiger partial charge on any atom is 0.273 e. The molecule has 23 heavy (non-hydrogen) atoms. The number of benzene rings is 1. The van der Waals surface area contributed by atoms with E-state index < -0.39 is 4.92 Å². The van der Waals surface area contributed by atoms with Crippen LogP contribution in [0.1, 0.15) is 13.8 Å². The lowest BCUT2D eigenvalue weighted by Gasteiger charge is -2.53. The molecule has 0 bridgehead atoms. The number of anilines is 1. The Labute approximate surface area is 135 Å². The summed E-state index contributed by atoms with van der Waals surface area (Å²) in [5.41, 5.74) is 0.977. The van der Waals surface area contributed by atoms with Crippen LogP contribution in [0.4, 0.5) is 11.4 Å². The van der Waals surface area contributed by atoms with Crippen molar-refractivity contribution in [3.63, 3.8) is 0 Å². The van der Waals surface area contributed by atoms with Gasteiger partial charge in [-0.25, -0.2) is 0 Å². The molecule has 7 heteroatoms. The highest BCUT2D eigenvalue weighted by molar-refractivity contribution is 5.63. The van der Waals surface area contributed by atoms with Gasteiger partial charge in [0.1, 0.15) is 5.75 Å². The van der Waals surface area contributed by atoms with Crippen LogP contribution in [-0.4, -0.2) is 61.4 Å². The van der Waals surface area contributed by atoms with Gasteiger partial charge in [0.2, 0.25) is 0 Å². The fraction of sp³-hybridized carbons (Fsp3) is 0.625. The summed E-state index contributed by atoms with van der Waals surface area (Å²) in [5, 5.41) is 10.9. The smallest absolute Gasteiger partial charge is 0.273 e. The van der Waals surface area contributed by atoms with Crippen molar-refractivity contribution >= 4 is 11.4 Å². The lowest BCUT2D eigenvalue weighted by atomic mass is 9.95. The number of rotatable bonds is 4. The molecule has 0 radical (unpaired) electrons. The van der Waals surface area contributed by atoms with E-state index in [-0.39, 0.29) is 11.2 Å². The molecular formula is C16H23N3O4. The second-order valence-electron chi connectivity index (χ2n) is 6.73. The van der Waals surface area contributed by atoms with Gasteiger partial charge in [-0.15, -0.1) is 0 Å². The number of ether oxygens (including phenoxy) is 2. The van der Waals surface area contributed by atoms with Crippen LogP contribution in [0.5, 0.6) is 5.75 Å². The van der Waals surface area contributed by atoms with Crippen LogP contribution in [0.2, 0.25) is 0 Å². The maximum absolute atomic E-state index is 10.9. The number of nitrogens with zero attached hydrogens (tertiary/aromatic N) is 3. The predicted octanol–water partition coefficient (Wildman–Crippen LogP) is 1.90. The summed E-state index contributed by atoms with van der Waals surface area (Å²) >= 11 is 0. The number of piperazine rings is 1. The van der Waals surface area contributed by atoms with Crippen LogP contribution in [0.25, 0.3) is 0 Å². The van der Waals surface area contributed by atoms with Gasteiger partial charge in [0, 0.05) is 31.2 Å². The molecule has 2 aliphatic rings. The van der Waals surface area contributed by atoms with Gasteiger partial charge in [0.05, 0.1) is 43.0 Å². The number of methoxy groups -OCH3 is 1. The van der Waals surface area contributed by atoms with Gasteiger partial charge in [-0.1, -0.05) is 0 Å². The Morgan fingerprint density at radius 2 is 2.09 bits per heavy atom. The van der Waals surface area contributed by atoms with Crippen molar-refractivity contribution < 1.29 is 14.4 Å². The zero-order chi connectivity index (χ0) is 16.6. The van der Waals surface area contributed by atoms with Gasteiger partial charge in [0.25, 0.3) is 5.69 Å². The van der Waals surface area contributed by atoms with Crippen molar-refractivity contribution in [2.45, 2.75) is 25.4 Å². The third kappa shape index (κ3) is 2.98. The standard InChI is InChI=1S/C16H23N3O4/c1-16(2)11-17(6-7-18(16)13-9-23-10-13)14-5-4-12(19(20)21)8-15(14)22-3/h4-5,8,13H,6-7,9-11H2,1-3H3. The van der Waals surface area contributed by atoms with E-state index >= 15 is 0 Å². The van der Waals surface area contributed by atoms with E-state index in [4.69, 9.17) is 9.47 Å². The number of non-ortho nitro benzene ring substituents is 1. The van der Waals surface area contributed by atoms with Gasteiger partial charge >= 0.3 is 0 Å². The molecule has 2 saturated heterocycles. The van der Waals surface area contributed by atoms with Crippen LogP contribution >= 0.6 is 0 Å². The molecule has 0 amide bonds. The first-order valence-electron chi connectivity index (χ1n) is 7.84. The Hall–Kier alpha value is -1.86. The molecule has 0 N–H and O–H groups in total. The van der Waals surface area contributed by atoms with Crippen LogP contribution in [-0.2, 0) is 4.74 Å². The van der Waals surface area contributed by atoms with Gasteiger partial charge in [0.15, 0.2) is 0 Å². The van der Waals surface area contributed by atoms with Crippen LogP contribution < -0.4 is 9.64 Å². The van der Waals surface area contributed by atoms with Crippen LogP contribution in [0.15, 0.2) is 18.2 Å². The Balaban J connectivity index is 1.81. The van der Waals surface area contributed by atoms with Gasteiger partial charge in [-0.3, -0.25) is 15.0 Å². The molecule has 7 nitrogen and oxygen atoms in total. The summed E-state index contributed by atoms with van der Waals surface area (Å²) in [4.78, 5) is 15.3. The molecular weight excluding hydrogens is 298 g/mol. The first-order valence-corrected chi connectivity index (χ1v) is 7.84. The van der Waals surface area contributed by atoms with E-state index in [0.717, 1.165) is 38.5 Å². The van der Waals surface area contributed by atoms with Gasteiger partial charge in [-0.2, -0.15) is 0 Å². The highest BCUT2D eigenvalue weighted by Gasteiger charge is 2.40. The summed E-state index contributed by atoms with van der Waals surface area (Å²) in [6.07, 6.45) is 0. The molecule has 1 aromatic rings. The molecule has 0 unspecified atom stereocenters. The van der Waals surface area contributed by atoms with E-state index in [1.807, 2.05) is 0 Å². The first kappa shape index (κ1) is 16.0. The molecule has 0 spiro atoms. The van der Waals surface area contributed by atoms with Crippen molar-refractivity contribution in [3.05, 3.63) is 28.3 Å². The van der Waals surface area contributed by atoms with Crippen molar-refractivity contribution in [2.24, 2.45) is 0 Å². The number of nitro benzene ring substituents is 1. The minimum atomic E-state index is -0.398. The molecule has 1 aromatic carbocycles. The molecule has 0 saturated carbocycles. The monoisotopic (exact) mass is 321 g/mol.